The molecular formula is C15H12ClN3O3. The van der Waals surface area contributed by atoms with Gasteiger partial charge in [-0.1, -0.05) is 11.6 Å². The molecule has 1 amide bonds. The minimum Gasteiger partial charge on any atom is -0.304 e. The number of nitrogens with zero attached hydrogens (tertiary/aromatic N) is 3. The van der Waals surface area contributed by atoms with E-state index in [4.69, 9.17) is 11.6 Å². The number of amides is 1. The maximum absolute atomic E-state index is 12.7. The van der Waals surface area contributed by atoms with Gasteiger partial charge in [0.25, 0.3) is 11.6 Å². The predicted molar refractivity (Wildman–Crippen MR) is 82.3 cm³/mol. The van der Waals surface area contributed by atoms with E-state index in [2.05, 4.69) is 4.98 Å². The average molecular weight is 318 g/mol. The summed E-state index contributed by atoms with van der Waals surface area (Å²) in [5.41, 5.74) is 1.76. The first-order valence-electron chi connectivity index (χ1n) is 6.70. The van der Waals surface area contributed by atoms with Gasteiger partial charge in [-0.25, -0.2) is 0 Å². The largest absolute Gasteiger partial charge is 0.304 e. The number of carbonyl (C=O) groups excluding carboxylic acids is 1. The van der Waals surface area contributed by atoms with E-state index in [0.29, 0.717) is 17.1 Å². The Kier molecular flexibility index (Phi) is 3.54. The highest BCUT2D eigenvalue weighted by Crippen LogP contribution is 2.35. The van der Waals surface area contributed by atoms with E-state index in [1.807, 2.05) is 6.92 Å². The smallest absolute Gasteiger partial charge is 0.277 e. The lowest BCUT2D eigenvalue weighted by Crippen LogP contribution is -2.36. The Labute approximate surface area is 131 Å². The van der Waals surface area contributed by atoms with Gasteiger partial charge < -0.3 is 4.90 Å². The van der Waals surface area contributed by atoms with Crippen LogP contribution in [0.5, 0.6) is 0 Å². The number of halogens is 1. The van der Waals surface area contributed by atoms with Crippen LogP contribution >= 0.6 is 11.6 Å². The van der Waals surface area contributed by atoms with Crippen LogP contribution in [0.15, 0.2) is 36.5 Å². The fourth-order valence-corrected chi connectivity index (χ4v) is 2.85. The zero-order chi connectivity index (χ0) is 15.9. The third-order valence-electron chi connectivity index (χ3n) is 3.65. The third kappa shape index (κ3) is 2.42. The van der Waals surface area contributed by atoms with E-state index >= 15 is 0 Å². The van der Waals surface area contributed by atoms with Crippen LogP contribution in [0.1, 0.15) is 23.0 Å². The molecule has 0 aliphatic carbocycles. The molecule has 3 rings (SSSR count). The number of carbonyl (C=O) groups is 1. The number of anilines is 1. The van der Waals surface area contributed by atoms with Crippen LogP contribution in [-0.2, 0) is 6.42 Å². The molecule has 112 valence electrons. The molecule has 2 heterocycles. The van der Waals surface area contributed by atoms with Gasteiger partial charge in [0.2, 0.25) is 0 Å². The topological polar surface area (TPSA) is 76.3 Å². The summed E-state index contributed by atoms with van der Waals surface area (Å²) in [5.74, 6) is -0.261. The molecule has 0 fully saturated rings. The molecule has 1 aliphatic rings. The molecule has 0 spiro atoms. The van der Waals surface area contributed by atoms with Gasteiger partial charge >= 0.3 is 0 Å². The van der Waals surface area contributed by atoms with Crippen molar-refractivity contribution in [2.45, 2.75) is 19.4 Å². The molecule has 7 heteroatoms. The molecule has 0 saturated carbocycles. The Morgan fingerprint density at radius 2 is 2.18 bits per heavy atom. The van der Waals surface area contributed by atoms with Crippen LogP contribution in [0.2, 0.25) is 5.02 Å². The van der Waals surface area contributed by atoms with Gasteiger partial charge in [0.1, 0.15) is 5.69 Å². The first-order valence-corrected chi connectivity index (χ1v) is 7.07. The van der Waals surface area contributed by atoms with Crippen molar-refractivity contribution < 1.29 is 9.72 Å². The van der Waals surface area contributed by atoms with Gasteiger partial charge in [0, 0.05) is 35.1 Å². The highest BCUT2D eigenvalue weighted by atomic mass is 35.5. The number of nitro groups is 1. The molecule has 0 bridgehead atoms. The van der Waals surface area contributed by atoms with Crippen molar-refractivity contribution in [2.24, 2.45) is 0 Å². The number of hydrogen-bond donors (Lipinski definition) is 0. The molecule has 0 unspecified atom stereocenters. The lowest BCUT2D eigenvalue weighted by Gasteiger charge is -2.22. The monoisotopic (exact) mass is 317 g/mol. The van der Waals surface area contributed by atoms with Crippen molar-refractivity contribution in [3.05, 3.63) is 62.9 Å². The van der Waals surface area contributed by atoms with Crippen LogP contribution in [0.4, 0.5) is 11.4 Å². The number of benzene rings is 1. The van der Waals surface area contributed by atoms with Crippen molar-refractivity contribution >= 4 is 28.9 Å². The number of fused-ring (bicyclic) bond motifs is 1. The third-order valence-corrected chi connectivity index (χ3v) is 3.88. The van der Waals surface area contributed by atoms with Crippen molar-refractivity contribution in [3.8, 4) is 0 Å². The van der Waals surface area contributed by atoms with E-state index in [9.17, 15) is 14.9 Å². The fraction of sp³-hybridized carbons (Fsp3) is 0.200. The quantitative estimate of drug-likeness (QED) is 0.629. The Hall–Kier alpha value is -2.47. The summed E-state index contributed by atoms with van der Waals surface area (Å²) in [4.78, 5) is 28.7. The van der Waals surface area contributed by atoms with E-state index in [-0.39, 0.29) is 23.3 Å². The van der Waals surface area contributed by atoms with Crippen molar-refractivity contribution in [1.29, 1.82) is 0 Å². The minimum atomic E-state index is -0.437. The van der Waals surface area contributed by atoms with E-state index in [1.54, 1.807) is 17.0 Å². The lowest BCUT2D eigenvalue weighted by molar-refractivity contribution is -0.384. The van der Waals surface area contributed by atoms with Crippen LogP contribution in [0.3, 0.4) is 0 Å². The number of rotatable bonds is 2. The van der Waals surface area contributed by atoms with Crippen molar-refractivity contribution in [1.82, 2.24) is 4.98 Å². The second-order valence-electron chi connectivity index (χ2n) is 5.16. The zero-order valence-corrected chi connectivity index (χ0v) is 12.4. The number of nitro benzene ring substituents is 1. The van der Waals surface area contributed by atoms with Crippen LogP contribution in [-0.4, -0.2) is 21.9 Å². The van der Waals surface area contributed by atoms with Gasteiger partial charge in [-0.2, -0.15) is 0 Å². The van der Waals surface area contributed by atoms with Gasteiger partial charge in [-0.05, 0) is 37.1 Å². The number of hydrogen-bond acceptors (Lipinski definition) is 4. The van der Waals surface area contributed by atoms with E-state index in [0.717, 1.165) is 5.56 Å². The summed E-state index contributed by atoms with van der Waals surface area (Å²) in [7, 11) is 0. The molecule has 2 aromatic rings. The first kappa shape index (κ1) is 14.5. The molecule has 0 saturated heterocycles. The van der Waals surface area contributed by atoms with Gasteiger partial charge in [0.15, 0.2) is 0 Å². The summed E-state index contributed by atoms with van der Waals surface area (Å²) in [6.45, 7) is 1.90. The normalized spacial score (nSPS) is 16.5. The van der Waals surface area contributed by atoms with E-state index in [1.165, 1.54) is 24.4 Å². The summed E-state index contributed by atoms with van der Waals surface area (Å²) in [6, 6.07) is 7.56. The highest BCUT2D eigenvalue weighted by Gasteiger charge is 2.33. The summed E-state index contributed by atoms with van der Waals surface area (Å²) in [5, 5.41) is 11.3. The number of pyridine rings is 1. The average Bonchev–Trinajstić information content (AvgIpc) is 2.81. The Morgan fingerprint density at radius 3 is 2.86 bits per heavy atom. The fourth-order valence-electron chi connectivity index (χ4n) is 2.69. The molecule has 22 heavy (non-hydrogen) atoms. The molecule has 1 aliphatic heterocycles. The van der Waals surface area contributed by atoms with Crippen molar-refractivity contribution in [3.63, 3.8) is 0 Å². The highest BCUT2D eigenvalue weighted by molar-refractivity contribution is 6.31. The van der Waals surface area contributed by atoms with Crippen molar-refractivity contribution in [2.75, 3.05) is 4.90 Å². The van der Waals surface area contributed by atoms with Gasteiger partial charge in [-0.3, -0.25) is 19.9 Å². The molecule has 0 radical (unpaired) electrons. The molecule has 6 nitrogen and oxygen atoms in total. The second-order valence-corrected chi connectivity index (χ2v) is 5.59. The molecule has 1 aromatic carbocycles. The SMILES string of the molecule is C[C@@H]1Cc2cc([N+](=O)[O-])ccc2N1C(=O)c1cc(Cl)ccn1. The van der Waals surface area contributed by atoms with Crippen LogP contribution < -0.4 is 4.90 Å². The predicted octanol–water partition coefficient (Wildman–Crippen LogP) is 3.23. The summed E-state index contributed by atoms with van der Waals surface area (Å²) < 4.78 is 0. The zero-order valence-electron chi connectivity index (χ0n) is 11.7. The Morgan fingerprint density at radius 1 is 1.41 bits per heavy atom. The standard InChI is InChI=1S/C15H12ClN3O3/c1-9-6-10-7-12(19(21)22)2-3-14(10)18(9)15(20)13-8-11(16)4-5-17-13/h2-5,7-9H,6H2,1H3/t9-/m1/s1. The number of non-ortho nitro benzene ring substituents is 1. The van der Waals surface area contributed by atoms with Crippen LogP contribution in [0, 0.1) is 10.1 Å². The molecule has 0 N–H and O–H groups in total. The summed E-state index contributed by atoms with van der Waals surface area (Å²) >= 11 is 5.90. The number of aromatic nitrogens is 1. The lowest BCUT2D eigenvalue weighted by atomic mass is 10.1. The maximum atomic E-state index is 12.7. The Bertz CT molecular complexity index is 778. The molecular weight excluding hydrogens is 306 g/mol. The molecule has 1 aromatic heterocycles. The van der Waals surface area contributed by atoms with Gasteiger partial charge in [-0.15, -0.1) is 0 Å². The second kappa shape index (κ2) is 5.38. The maximum Gasteiger partial charge on any atom is 0.277 e. The molecule has 1 atom stereocenters. The first-order chi connectivity index (χ1) is 10.5. The Balaban J connectivity index is 2.00. The van der Waals surface area contributed by atoms with Gasteiger partial charge in [0.05, 0.1) is 4.92 Å². The minimum absolute atomic E-state index is 0.0288. The summed E-state index contributed by atoms with van der Waals surface area (Å²) in [6.07, 6.45) is 2.05. The van der Waals surface area contributed by atoms with Crippen LogP contribution in [0.25, 0.3) is 0 Å². The van der Waals surface area contributed by atoms with E-state index < -0.39 is 4.92 Å².